The van der Waals surface area contributed by atoms with Crippen LogP contribution in [0.2, 0.25) is 0 Å². The lowest BCUT2D eigenvalue weighted by atomic mass is 9.94. The molecule has 0 aromatic carbocycles. The van der Waals surface area contributed by atoms with Crippen molar-refractivity contribution in [1.29, 1.82) is 0 Å². The molecule has 0 saturated carbocycles. The smallest absolute Gasteiger partial charge is 0.153 e. The lowest BCUT2D eigenvalue weighted by Gasteiger charge is -2.08. The van der Waals surface area contributed by atoms with Crippen LogP contribution in [0.25, 0.3) is 0 Å². The number of ether oxygens (including phenoxy) is 1. The minimum Gasteiger partial charge on any atom is -0.381 e. The SMILES string of the molecule is CCOCCC(=O)C(C(C)=O)C(C)=O. The Labute approximate surface area is 83.6 Å². The molecule has 0 aliphatic carbocycles. The second kappa shape index (κ2) is 6.43. The summed E-state index contributed by atoms with van der Waals surface area (Å²) < 4.78 is 4.97. The van der Waals surface area contributed by atoms with Gasteiger partial charge in [0, 0.05) is 13.0 Å². The summed E-state index contributed by atoms with van der Waals surface area (Å²) >= 11 is 0. The van der Waals surface area contributed by atoms with E-state index in [9.17, 15) is 14.4 Å². The van der Waals surface area contributed by atoms with Gasteiger partial charge in [-0.25, -0.2) is 0 Å². The molecule has 0 bridgehead atoms. The van der Waals surface area contributed by atoms with Crippen molar-refractivity contribution in [3.05, 3.63) is 0 Å². The molecule has 0 aromatic rings. The van der Waals surface area contributed by atoms with Crippen LogP contribution in [-0.2, 0) is 19.1 Å². The molecule has 0 rings (SSSR count). The molecule has 0 heterocycles. The highest BCUT2D eigenvalue weighted by Crippen LogP contribution is 2.05. The van der Waals surface area contributed by atoms with E-state index in [4.69, 9.17) is 4.74 Å². The standard InChI is InChI=1S/C10H16O4/c1-4-14-6-5-9(13)10(7(2)11)8(3)12/h10H,4-6H2,1-3H3. The highest BCUT2D eigenvalue weighted by molar-refractivity contribution is 6.18. The Bertz CT molecular complexity index is 218. The van der Waals surface area contributed by atoms with Crippen LogP contribution in [0.15, 0.2) is 0 Å². The molecule has 0 amide bonds. The van der Waals surface area contributed by atoms with Crippen LogP contribution in [0.1, 0.15) is 27.2 Å². The minimum absolute atomic E-state index is 0.123. The van der Waals surface area contributed by atoms with E-state index in [0.29, 0.717) is 6.61 Å². The first-order valence-electron chi connectivity index (χ1n) is 4.62. The summed E-state index contributed by atoms with van der Waals surface area (Å²) in [6.07, 6.45) is 0.123. The monoisotopic (exact) mass is 200 g/mol. The predicted octanol–water partition coefficient (Wildman–Crippen LogP) is 0.776. The lowest BCUT2D eigenvalue weighted by molar-refractivity contribution is -0.138. The summed E-state index contributed by atoms with van der Waals surface area (Å²) in [6.45, 7) is 5.12. The predicted molar refractivity (Wildman–Crippen MR) is 51.0 cm³/mol. The van der Waals surface area contributed by atoms with Crippen LogP contribution in [0.4, 0.5) is 0 Å². The molecule has 0 saturated heterocycles. The van der Waals surface area contributed by atoms with Gasteiger partial charge in [-0.15, -0.1) is 0 Å². The van der Waals surface area contributed by atoms with Gasteiger partial charge in [0.15, 0.2) is 5.78 Å². The van der Waals surface area contributed by atoms with Crippen molar-refractivity contribution in [1.82, 2.24) is 0 Å². The topological polar surface area (TPSA) is 60.4 Å². The van der Waals surface area contributed by atoms with Crippen molar-refractivity contribution in [2.45, 2.75) is 27.2 Å². The molecule has 0 aliphatic rings. The molecule has 0 aromatic heterocycles. The second-order valence-electron chi connectivity index (χ2n) is 3.07. The van der Waals surface area contributed by atoms with Crippen LogP contribution in [-0.4, -0.2) is 30.6 Å². The molecule has 0 unspecified atom stereocenters. The molecule has 0 radical (unpaired) electrons. The fourth-order valence-electron chi connectivity index (χ4n) is 1.20. The van der Waals surface area contributed by atoms with E-state index in [1.54, 1.807) is 0 Å². The van der Waals surface area contributed by atoms with Crippen molar-refractivity contribution < 1.29 is 19.1 Å². The van der Waals surface area contributed by atoms with E-state index >= 15 is 0 Å². The first-order valence-corrected chi connectivity index (χ1v) is 4.62. The van der Waals surface area contributed by atoms with Crippen LogP contribution < -0.4 is 0 Å². The van der Waals surface area contributed by atoms with Crippen molar-refractivity contribution in [2.24, 2.45) is 5.92 Å². The molecule has 0 atom stereocenters. The fourth-order valence-corrected chi connectivity index (χ4v) is 1.20. The van der Waals surface area contributed by atoms with Gasteiger partial charge in [-0.3, -0.25) is 14.4 Å². The van der Waals surface area contributed by atoms with E-state index < -0.39 is 5.92 Å². The molecule has 0 N–H and O–H groups in total. The van der Waals surface area contributed by atoms with Crippen molar-refractivity contribution in [2.75, 3.05) is 13.2 Å². The largest absolute Gasteiger partial charge is 0.381 e. The van der Waals surface area contributed by atoms with Crippen LogP contribution in [0.5, 0.6) is 0 Å². The maximum Gasteiger partial charge on any atom is 0.153 e. The van der Waals surface area contributed by atoms with Gasteiger partial charge in [0.25, 0.3) is 0 Å². The van der Waals surface area contributed by atoms with Gasteiger partial charge in [-0.2, -0.15) is 0 Å². The number of ketones is 3. The third kappa shape index (κ3) is 4.28. The van der Waals surface area contributed by atoms with E-state index in [1.165, 1.54) is 13.8 Å². The third-order valence-corrected chi connectivity index (χ3v) is 1.83. The van der Waals surface area contributed by atoms with E-state index in [2.05, 4.69) is 0 Å². The average Bonchev–Trinajstić information content (AvgIpc) is 2.03. The summed E-state index contributed by atoms with van der Waals surface area (Å²) in [4.78, 5) is 33.3. The molecule has 80 valence electrons. The Hall–Kier alpha value is -1.03. The number of carbonyl (C=O) groups excluding carboxylic acids is 3. The van der Waals surface area contributed by atoms with Crippen molar-refractivity contribution in [3.8, 4) is 0 Å². The van der Waals surface area contributed by atoms with Crippen LogP contribution in [0, 0.1) is 5.92 Å². The number of hydrogen-bond acceptors (Lipinski definition) is 4. The summed E-state index contributed by atoms with van der Waals surface area (Å²) in [6, 6.07) is 0. The molecule has 0 fully saturated rings. The third-order valence-electron chi connectivity index (χ3n) is 1.83. The summed E-state index contributed by atoms with van der Waals surface area (Å²) in [5, 5.41) is 0. The number of hydrogen-bond donors (Lipinski definition) is 0. The van der Waals surface area contributed by atoms with Gasteiger partial charge in [-0.1, -0.05) is 0 Å². The minimum atomic E-state index is -1.09. The summed E-state index contributed by atoms with van der Waals surface area (Å²) in [5.41, 5.74) is 0. The molecular formula is C10H16O4. The normalized spacial score (nSPS) is 10.3. The van der Waals surface area contributed by atoms with Gasteiger partial charge < -0.3 is 4.74 Å². The highest BCUT2D eigenvalue weighted by atomic mass is 16.5. The molecule has 14 heavy (non-hydrogen) atoms. The van der Waals surface area contributed by atoms with Crippen LogP contribution in [0.3, 0.4) is 0 Å². The zero-order valence-electron chi connectivity index (χ0n) is 8.83. The number of rotatable bonds is 7. The molecule has 4 nitrogen and oxygen atoms in total. The van der Waals surface area contributed by atoms with E-state index in [1.807, 2.05) is 6.92 Å². The summed E-state index contributed by atoms with van der Waals surface area (Å²) in [5.74, 6) is -2.22. The zero-order valence-corrected chi connectivity index (χ0v) is 8.83. The summed E-state index contributed by atoms with van der Waals surface area (Å²) in [7, 11) is 0. The van der Waals surface area contributed by atoms with E-state index in [0.717, 1.165) is 0 Å². The van der Waals surface area contributed by atoms with Crippen LogP contribution >= 0.6 is 0 Å². The van der Waals surface area contributed by atoms with E-state index in [-0.39, 0.29) is 30.4 Å². The highest BCUT2D eigenvalue weighted by Gasteiger charge is 2.26. The maximum atomic E-state index is 11.4. The Morgan fingerprint density at radius 3 is 2.00 bits per heavy atom. The Morgan fingerprint density at radius 1 is 1.14 bits per heavy atom. The second-order valence-corrected chi connectivity index (χ2v) is 3.07. The molecule has 4 heteroatoms. The first kappa shape index (κ1) is 13.0. The fraction of sp³-hybridized carbons (Fsp3) is 0.700. The average molecular weight is 200 g/mol. The lowest BCUT2D eigenvalue weighted by Crippen LogP contribution is -2.29. The maximum absolute atomic E-state index is 11.4. The molecular weight excluding hydrogens is 184 g/mol. The zero-order chi connectivity index (χ0) is 11.1. The molecule has 0 aliphatic heterocycles. The van der Waals surface area contributed by atoms with Gasteiger partial charge in [-0.05, 0) is 20.8 Å². The van der Waals surface area contributed by atoms with Gasteiger partial charge in [0.05, 0.1) is 6.61 Å². The Morgan fingerprint density at radius 2 is 1.64 bits per heavy atom. The van der Waals surface area contributed by atoms with Crippen molar-refractivity contribution >= 4 is 17.3 Å². The first-order chi connectivity index (χ1) is 6.50. The Kier molecular flexibility index (Phi) is 5.95. The van der Waals surface area contributed by atoms with Gasteiger partial charge in [0.1, 0.15) is 17.5 Å². The number of Topliss-reactive ketones (excluding diaryl/α,β-unsaturated/α-hetero) is 3. The number of carbonyl (C=O) groups is 3. The van der Waals surface area contributed by atoms with Gasteiger partial charge in [0.2, 0.25) is 0 Å². The van der Waals surface area contributed by atoms with Gasteiger partial charge >= 0.3 is 0 Å². The Balaban J connectivity index is 4.17. The quantitative estimate of drug-likeness (QED) is 0.450. The molecule has 0 spiro atoms. The van der Waals surface area contributed by atoms with Crippen molar-refractivity contribution in [3.63, 3.8) is 0 Å².